The van der Waals surface area contributed by atoms with E-state index >= 15 is 0 Å². The molecule has 0 aromatic heterocycles. The van der Waals surface area contributed by atoms with Crippen LogP contribution in [0.2, 0.25) is 0 Å². The van der Waals surface area contributed by atoms with Gasteiger partial charge in [-0.1, -0.05) is 20.8 Å². The summed E-state index contributed by atoms with van der Waals surface area (Å²) in [7, 11) is 2.24. The second-order valence-electron chi connectivity index (χ2n) is 4.94. The summed E-state index contributed by atoms with van der Waals surface area (Å²) in [5, 5.41) is 3.44. The Morgan fingerprint density at radius 2 is 1.80 bits per heavy atom. The van der Waals surface area contributed by atoms with Gasteiger partial charge in [0.2, 0.25) is 0 Å². The summed E-state index contributed by atoms with van der Waals surface area (Å²) in [6, 6.07) is 0. The molecule has 0 fully saturated rings. The second-order valence-corrected chi connectivity index (χ2v) is 4.94. The highest BCUT2D eigenvalue weighted by molar-refractivity contribution is 4.55. The Morgan fingerprint density at radius 1 is 1.07 bits per heavy atom. The molecule has 0 saturated heterocycles. The van der Waals surface area contributed by atoms with Crippen LogP contribution in [0.15, 0.2) is 0 Å². The van der Waals surface area contributed by atoms with Crippen LogP contribution < -0.4 is 5.32 Å². The maximum absolute atomic E-state index is 3.44. The summed E-state index contributed by atoms with van der Waals surface area (Å²) in [5.74, 6) is 0.832. The lowest BCUT2D eigenvalue weighted by molar-refractivity contribution is 0.303. The minimum atomic E-state index is 0.832. The van der Waals surface area contributed by atoms with Gasteiger partial charge in [-0.05, 0) is 64.8 Å². The summed E-state index contributed by atoms with van der Waals surface area (Å²) in [6.45, 7) is 11.7. The highest BCUT2D eigenvalue weighted by Crippen LogP contribution is 2.01. The molecule has 15 heavy (non-hydrogen) atoms. The molecule has 2 nitrogen and oxygen atoms in total. The van der Waals surface area contributed by atoms with Crippen molar-refractivity contribution in [2.45, 2.75) is 46.5 Å². The SMILES string of the molecule is CCCNCCCCN(C)CCC(C)C. The molecule has 0 aliphatic carbocycles. The molecule has 0 atom stereocenters. The van der Waals surface area contributed by atoms with Crippen LogP contribution in [-0.4, -0.2) is 38.1 Å². The number of rotatable bonds is 10. The van der Waals surface area contributed by atoms with E-state index in [2.05, 4.69) is 38.0 Å². The van der Waals surface area contributed by atoms with E-state index in [9.17, 15) is 0 Å². The Balaban J connectivity index is 3.13. The van der Waals surface area contributed by atoms with Gasteiger partial charge in [-0.3, -0.25) is 0 Å². The molecule has 0 radical (unpaired) electrons. The van der Waals surface area contributed by atoms with Crippen molar-refractivity contribution in [2.24, 2.45) is 5.92 Å². The van der Waals surface area contributed by atoms with Crippen molar-refractivity contribution in [3.05, 3.63) is 0 Å². The predicted molar refractivity (Wildman–Crippen MR) is 69.3 cm³/mol. The van der Waals surface area contributed by atoms with Crippen LogP contribution in [0.4, 0.5) is 0 Å². The first-order valence-electron chi connectivity index (χ1n) is 6.56. The van der Waals surface area contributed by atoms with E-state index < -0.39 is 0 Å². The normalized spacial score (nSPS) is 11.6. The van der Waals surface area contributed by atoms with Crippen molar-refractivity contribution in [2.75, 3.05) is 33.2 Å². The average Bonchev–Trinajstić information content (AvgIpc) is 2.20. The van der Waals surface area contributed by atoms with Gasteiger partial charge in [-0.2, -0.15) is 0 Å². The fourth-order valence-electron chi connectivity index (χ4n) is 1.52. The zero-order valence-electron chi connectivity index (χ0n) is 11.2. The Kier molecular flexibility index (Phi) is 10.4. The van der Waals surface area contributed by atoms with Crippen molar-refractivity contribution in [1.82, 2.24) is 10.2 Å². The minimum Gasteiger partial charge on any atom is -0.317 e. The minimum absolute atomic E-state index is 0.832. The molecule has 0 aromatic rings. The monoisotopic (exact) mass is 214 g/mol. The van der Waals surface area contributed by atoms with E-state index in [1.807, 2.05) is 0 Å². The van der Waals surface area contributed by atoms with Crippen LogP contribution in [0.1, 0.15) is 46.5 Å². The van der Waals surface area contributed by atoms with Crippen LogP contribution in [0.25, 0.3) is 0 Å². The third-order valence-corrected chi connectivity index (χ3v) is 2.66. The quantitative estimate of drug-likeness (QED) is 0.563. The van der Waals surface area contributed by atoms with Crippen molar-refractivity contribution in [3.8, 4) is 0 Å². The maximum atomic E-state index is 3.44. The molecule has 0 spiro atoms. The van der Waals surface area contributed by atoms with Gasteiger partial charge in [0, 0.05) is 0 Å². The lowest BCUT2D eigenvalue weighted by atomic mass is 10.1. The van der Waals surface area contributed by atoms with E-state index in [0.717, 1.165) is 5.92 Å². The molecule has 1 N–H and O–H groups in total. The van der Waals surface area contributed by atoms with Crippen molar-refractivity contribution < 1.29 is 0 Å². The second kappa shape index (κ2) is 10.4. The fraction of sp³-hybridized carbons (Fsp3) is 1.00. The number of hydrogen-bond donors (Lipinski definition) is 1. The molecule has 0 aromatic carbocycles. The summed E-state index contributed by atoms with van der Waals surface area (Å²) in [4.78, 5) is 2.46. The summed E-state index contributed by atoms with van der Waals surface area (Å²) < 4.78 is 0. The molecule has 0 saturated carbocycles. The molecule has 0 unspecified atom stereocenters. The molecule has 0 aliphatic heterocycles. The molecule has 0 aliphatic rings. The topological polar surface area (TPSA) is 15.3 Å². The van der Waals surface area contributed by atoms with Crippen molar-refractivity contribution >= 4 is 0 Å². The van der Waals surface area contributed by atoms with Gasteiger partial charge in [0.05, 0.1) is 0 Å². The first kappa shape index (κ1) is 14.9. The number of unbranched alkanes of at least 4 members (excludes halogenated alkanes) is 1. The van der Waals surface area contributed by atoms with Crippen molar-refractivity contribution in [3.63, 3.8) is 0 Å². The predicted octanol–water partition coefficient (Wildman–Crippen LogP) is 2.74. The standard InChI is InChI=1S/C13H30N2/c1-5-9-14-10-6-7-11-15(4)12-8-13(2)3/h13-14H,5-12H2,1-4H3. The summed E-state index contributed by atoms with van der Waals surface area (Å²) in [6.07, 6.45) is 5.20. The van der Waals surface area contributed by atoms with Crippen LogP contribution in [0.5, 0.6) is 0 Å². The van der Waals surface area contributed by atoms with E-state index in [1.165, 1.54) is 51.9 Å². The lowest BCUT2D eigenvalue weighted by Crippen LogP contribution is -2.23. The highest BCUT2D eigenvalue weighted by Gasteiger charge is 1.99. The van der Waals surface area contributed by atoms with Gasteiger partial charge >= 0.3 is 0 Å². The van der Waals surface area contributed by atoms with E-state index in [-0.39, 0.29) is 0 Å². The molecular formula is C13H30N2. The van der Waals surface area contributed by atoms with E-state index in [4.69, 9.17) is 0 Å². The highest BCUT2D eigenvalue weighted by atomic mass is 15.1. The average molecular weight is 214 g/mol. The Labute approximate surface area is 96.4 Å². The summed E-state index contributed by atoms with van der Waals surface area (Å²) in [5.41, 5.74) is 0. The first-order chi connectivity index (χ1) is 7.16. The molecule has 92 valence electrons. The number of nitrogens with zero attached hydrogens (tertiary/aromatic N) is 1. The zero-order valence-corrected chi connectivity index (χ0v) is 11.2. The summed E-state index contributed by atoms with van der Waals surface area (Å²) >= 11 is 0. The number of nitrogens with one attached hydrogen (secondary N) is 1. The maximum Gasteiger partial charge on any atom is -0.00194 e. The third kappa shape index (κ3) is 11.8. The Bertz CT molecular complexity index is 124. The van der Waals surface area contributed by atoms with Crippen LogP contribution in [0.3, 0.4) is 0 Å². The zero-order chi connectivity index (χ0) is 11.5. The van der Waals surface area contributed by atoms with Gasteiger partial charge < -0.3 is 10.2 Å². The largest absolute Gasteiger partial charge is 0.317 e. The van der Waals surface area contributed by atoms with Crippen LogP contribution in [-0.2, 0) is 0 Å². The number of hydrogen-bond acceptors (Lipinski definition) is 2. The molecule has 0 heterocycles. The van der Waals surface area contributed by atoms with E-state index in [0.29, 0.717) is 0 Å². The molecule has 2 heteroatoms. The van der Waals surface area contributed by atoms with Gasteiger partial charge in [0.1, 0.15) is 0 Å². The molecule has 0 rings (SSSR count). The Hall–Kier alpha value is -0.0800. The third-order valence-electron chi connectivity index (χ3n) is 2.66. The smallest absolute Gasteiger partial charge is 0.00194 e. The fourth-order valence-corrected chi connectivity index (χ4v) is 1.52. The Morgan fingerprint density at radius 3 is 2.40 bits per heavy atom. The van der Waals surface area contributed by atoms with Gasteiger partial charge in [-0.15, -0.1) is 0 Å². The molecule has 0 amide bonds. The van der Waals surface area contributed by atoms with E-state index in [1.54, 1.807) is 0 Å². The first-order valence-corrected chi connectivity index (χ1v) is 6.56. The van der Waals surface area contributed by atoms with Crippen LogP contribution >= 0.6 is 0 Å². The van der Waals surface area contributed by atoms with Crippen molar-refractivity contribution in [1.29, 1.82) is 0 Å². The van der Waals surface area contributed by atoms with Gasteiger partial charge in [0.15, 0.2) is 0 Å². The lowest BCUT2D eigenvalue weighted by Gasteiger charge is -2.17. The van der Waals surface area contributed by atoms with Gasteiger partial charge in [-0.25, -0.2) is 0 Å². The van der Waals surface area contributed by atoms with Gasteiger partial charge in [0.25, 0.3) is 0 Å². The molecular weight excluding hydrogens is 184 g/mol. The molecule has 0 bridgehead atoms. The van der Waals surface area contributed by atoms with Crippen LogP contribution in [0, 0.1) is 5.92 Å².